The second kappa shape index (κ2) is 7.28. The van der Waals surface area contributed by atoms with Crippen molar-refractivity contribution in [1.29, 1.82) is 5.41 Å². The zero-order valence-corrected chi connectivity index (χ0v) is 11.8. The van der Waals surface area contributed by atoms with Crippen LogP contribution in [0.3, 0.4) is 0 Å². The van der Waals surface area contributed by atoms with Crippen LogP contribution in [0.15, 0.2) is 23.2 Å². The van der Waals surface area contributed by atoms with E-state index in [0.717, 1.165) is 5.56 Å². The SMILES string of the molecule is COc1cc(C=NCC(=N)N)ccc1OC(=O)C(C)C. The average Bonchev–Trinajstić information content (AvgIpc) is 2.39. The lowest BCUT2D eigenvalue weighted by molar-refractivity contribution is -0.137. The number of hydrogen-bond acceptors (Lipinski definition) is 5. The summed E-state index contributed by atoms with van der Waals surface area (Å²) in [6.07, 6.45) is 1.58. The molecule has 0 fully saturated rings. The summed E-state index contributed by atoms with van der Waals surface area (Å²) in [4.78, 5) is 15.6. The first kappa shape index (κ1) is 15.7. The number of aliphatic imine (C=N–C) groups is 1. The number of hydrogen-bond donors (Lipinski definition) is 2. The Kier molecular flexibility index (Phi) is 5.71. The number of nitrogens with one attached hydrogen (secondary N) is 1. The van der Waals surface area contributed by atoms with Gasteiger partial charge in [-0.15, -0.1) is 0 Å². The molecule has 20 heavy (non-hydrogen) atoms. The molecule has 1 rings (SSSR count). The quantitative estimate of drug-likeness (QED) is 0.357. The van der Waals surface area contributed by atoms with E-state index in [9.17, 15) is 4.79 Å². The van der Waals surface area contributed by atoms with E-state index < -0.39 is 0 Å². The van der Waals surface area contributed by atoms with E-state index in [4.69, 9.17) is 20.6 Å². The lowest BCUT2D eigenvalue weighted by Crippen LogP contribution is -2.15. The van der Waals surface area contributed by atoms with Gasteiger partial charge in [-0.3, -0.25) is 15.2 Å². The fourth-order valence-corrected chi connectivity index (χ4v) is 1.32. The normalized spacial score (nSPS) is 10.8. The standard InChI is InChI=1S/C14H19N3O3/c1-9(2)14(18)20-11-5-4-10(6-12(11)19-3)7-17-8-13(15)16/h4-7,9H,8H2,1-3H3,(H3,15,16). The summed E-state index contributed by atoms with van der Waals surface area (Å²) in [6, 6.07) is 5.09. The van der Waals surface area contributed by atoms with Crippen LogP contribution in [0.4, 0.5) is 0 Å². The van der Waals surface area contributed by atoms with Gasteiger partial charge in [0.2, 0.25) is 0 Å². The van der Waals surface area contributed by atoms with E-state index in [-0.39, 0.29) is 24.3 Å². The van der Waals surface area contributed by atoms with Crippen molar-refractivity contribution in [2.75, 3.05) is 13.7 Å². The molecule has 6 heteroatoms. The summed E-state index contributed by atoms with van der Waals surface area (Å²) in [5.74, 6) is 0.286. The Hall–Kier alpha value is -2.37. The van der Waals surface area contributed by atoms with Gasteiger partial charge in [-0.1, -0.05) is 13.8 Å². The van der Waals surface area contributed by atoms with Gasteiger partial charge in [0, 0.05) is 6.21 Å². The topological polar surface area (TPSA) is 97.8 Å². The Labute approximate surface area is 118 Å². The number of esters is 1. The van der Waals surface area contributed by atoms with E-state index in [1.54, 1.807) is 38.3 Å². The Morgan fingerprint density at radius 3 is 2.70 bits per heavy atom. The summed E-state index contributed by atoms with van der Waals surface area (Å²) in [5.41, 5.74) is 5.98. The molecule has 0 aliphatic carbocycles. The summed E-state index contributed by atoms with van der Waals surface area (Å²) in [7, 11) is 1.50. The Morgan fingerprint density at radius 1 is 1.45 bits per heavy atom. The van der Waals surface area contributed by atoms with Crippen LogP contribution >= 0.6 is 0 Å². The van der Waals surface area contributed by atoms with Gasteiger partial charge in [-0.05, 0) is 23.8 Å². The van der Waals surface area contributed by atoms with E-state index >= 15 is 0 Å². The minimum absolute atomic E-state index is 0.00398. The number of rotatable bonds is 6. The third kappa shape index (κ3) is 4.72. The molecule has 0 saturated carbocycles. The number of carbonyl (C=O) groups is 1. The molecule has 1 aromatic carbocycles. The van der Waals surface area contributed by atoms with Gasteiger partial charge in [-0.2, -0.15) is 0 Å². The molecule has 0 spiro atoms. The van der Waals surface area contributed by atoms with Gasteiger partial charge < -0.3 is 15.2 Å². The van der Waals surface area contributed by atoms with Crippen molar-refractivity contribution in [3.63, 3.8) is 0 Å². The van der Waals surface area contributed by atoms with Crippen LogP contribution in [-0.4, -0.2) is 31.7 Å². The minimum atomic E-state index is -0.318. The van der Waals surface area contributed by atoms with Crippen LogP contribution in [-0.2, 0) is 4.79 Å². The zero-order chi connectivity index (χ0) is 15.1. The fraction of sp³-hybridized carbons (Fsp3) is 0.357. The monoisotopic (exact) mass is 277 g/mol. The third-order valence-electron chi connectivity index (χ3n) is 2.37. The molecule has 0 amide bonds. The highest BCUT2D eigenvalue weighted by atomic mass is 16.6. The average molecular weight is 277 g/mol. The van der Waals surface area contributed by atoms with E-state index in [2.05, 4.69) is 4.99 Å². The second-order valence-electron chi connectivity index (χ2n) is 4.48. The van der Waals surface area contributed by atoms with Gasteiger partial charge in [0.25, 0.3) is 0 Å². The van der Waals surface area contributed by atoms with Crippen LogP contribution < -0.4 is 15.2 Å². The predicted octanol–water partition coefficient (Wildman–Crippen LogP) is 1.61. The zero-order valence-electron chi connectivity index (χ0n) is 11.8. The molecule has 0 aromatic heterocycles. The van der Waals surface area contributed by atoms with Crippen molar-refractivity contribution in [1.82, 2.24) is 0 Å². The third-order valence-corrected chi connectivity index (χ3v) is 2.37. The molecule has 108 valence electrons. The largest absolute Gasteiger partial charge is 0.493 e. The summed E-state index contributed by atoms with van der Waals surface area (Å²) >= 11 is 0. The molecule has 3 N–H and O–H groups in total. The maximum atomic E-state index is 11.6. The van der Waals surface area contributed by atoms with E-state index in [1.807, 2.05) is 0 Å². The van der Waals surface area contributed by atoms with Gasteiger partial charge in [-0.25, -0.2) is 0 Å². The molecule has 6 nitrogen and oxygen atoms in total. The Bertz CT molecular complexity index is 524. The van der Waals surface area contributed by atoms with Crippen molar-refractivity contribution in [2.24, 2.45) is 16.6 Å². The highest BCUT2D eigenvalue weighted by Crippen LogP contribution is 2.28. The van der Waals surface area contributed by atoms with Gasteiger partial charge in [0.1, 0.15) is 5.84 Å². The van der Waals surface area contributed by atoms with Crippen LogP contribution in [0, 0.1) is 11.3 Å². The molecule has 0 unspecified atom stereocenters. The number of nitrogens with zero attached hydrogens (tertiary/aromatic N) is 1. The summed E-state index contributed by atoms with van der Waals surface area (Å²) in [5, 5.41) is 7.07. The van der Waals surface area contributed by atoms with Crippen LogP contribution in [0.25, 0.3) is 0 Å². The number of amidine groups is 1. The van der Waals surface area contributed by atoms with Crippen molar-refractivity contribution >= 4 is 18.0 Å². The fourth-order valence-electron chi connectivity index (χ4n) is 1.32. The summed E-state index contributed by atoms with van der Waals surface area (Å²) in [6.45, 7) is 3.67. The van der Waals surface area contributed by atoms with E-state index in [1.165, 1.54) is 7.11 Å². The molecule has 0 bridgehead atoms. The van der Waals surface area contributed by atoms with Crippen molar-refractivity contribution in [3.8, 4) is 11.5 Å². The number of benzene rings is 1. The molecule has 0 aliphatic rings. The van der Waals surface area contributed by atoms with Crippen LogP contribution in [0.2, 0.25) is 0 Å². The van der Waals surface area contributed by atoms with Crippen molar-refractivity contribution in [3.05, 3.63) is 23.8 Å². The van der Waals surface area contributed by atoms with Crippen molar-refractivity contribution < 1.29 is 14.3 Å². The van der Waals surface area contributed by atoms with Crippen LogP contribution in [0.5, 0.6) is 11.5 Å². The molecule has 0 radical (unpaired) electrons. The lowest BCUT2D eigenvalue weighted by atomic mass is 10.2. The number of nitrogens with two attached hydrogens (primary N) is 1. The minimum Gasteiger partial charge on any atom is -0.493 e. The van der Waals surface area contributed by atoms with Crippen LogP contribution in [0.1, 0.15) is 19.4 Å². The number of ether oxygens (including phenoxy) is 2. The summed E-state index contributed by atoms with van der Waals surface area (Å²) < 4.78 is 10.4. The Balaban J connectivity index is 2.87. The first-order valence-corrected chi connectivity index (χ1v) is 6.16. The van der Waals surface area contributed by atoms with Gasteiger partial charge in [0.05, 0.1) is 19.6 Å². The van der Waals surface area contributed by atoms with Gasteiger partial charge >= 0.3 is 5.97 Å². The smallest absolute Gasteiger partial charge is 0.313 e. The molecule has 1 aromatic rings. The molecular weight excluding hydrogens is 258 g/mol. The molecule has 0 saturated heterocycles. The molecular formula is C14H19N3O3. The lowest BCUT2D eigenvalue weighted by Gasteiger charge is -2.11. The first-order valence-electron chi connectivity index (χ1n) is 6.16. The molecule has 0 atom stereocenters. The number of carbonyl (C=O) groups excluding carboxylic acids is 1. The highest BCUT2D eigenvalue weighted by Gasteiger charge is 2.13. The molecule has 0 heterocycles. The van der Waals surface area contributed by atoms with Crippen molar-refractivity contribution in [2.45, 2.75) is 13.8 Å². The Morgan fingerprint density at radius 2 is 2.15 bits per heavy atom. The van der Waals surface area contributed by atoms with Gasteiger partial charge in [0.15, 0.2) is 11.5 Å². The maximum absolute atomic E-state index is 11.6. The second-order valence-corrected chi connectivity index (χ2v) is 4.48. The highest BCUT2D eigenvalue weighted by molar-refractivity contribution is 5.85. The maximum Gasteiger partial charge on any atom is 0.313 e. The first-order chi connectivity index (χ1) is 9.43. The molecule has 0 aliphatic heterocycles. The predicted molar refractivity (Wildman–Crippen MR) is 77.8 cm³/mol. The number of methoxy groups -OCH3 is 1. The van der Waals surface area contributed by atoms with E-state index in [0.29, 0.717) is 11.5 Å².